The van der Waals surface area contributed by atoms with Gasteiger partial charge < -0.3 is 5.32 Å². The number of aryl methyl sites for hydroxylation is 1. The molecule has 3 heterocycles. The Balaban J connectivity index is 1.85. The quantitative estimate of drug-likeness (QED) is 0.788. The first-order chi connectivity index (χ1) is 10.8. The Morgan fingerprint density at radius 2 is 2.05 bits per heavy atom. The van der Waals surface area contributed by atoms with E-state index in [0.29, 0.717) is 5.95 Å². The van der Waals surface area contributed by atoms with Crippen LogP contribution in [0.1, 0.15) is 28.6 Å². The predicted octanol–water partition coefficient (Wildman–Crippen LogP) is 2.90. The molecule has 1 aliphatic heterocycles. The highest BCUT2D eigenvalue weighted by atomic mass is 15.1. The molecule has 0 fully saturated rings. The molecule has 0 spiro atoms. The normalized spacial score (nSPS) is 16.0. The van der Waals surface area contributed by atoms with Crippen LogP contribution in [0.25, 0.3) is 10.9 Å². The van der Waals surface area contributed by atoms with Crippen LogP contribution in [0.15, 0.2) is 41.5 Å². The zero-order valence-electron chi connectivity index (χ0n) is 12.4. The molecule has 1 aliphatic rings. The second-order valence-electron chi connectivity index (χ2n) is 5.32. The van der Waals surface area contributed by atoms with Crippen molar-refractivity contribution in [2.24, 2.45) is 4.99 Å². The molecule has 108 valence electrons. The van der Waals surface area contributed by atoms with Gasteiger partial charge in [-0.15, -0.1) is 0 Å². The fraction of sp³-hybridized carbons (Fsp3) is 0.176. The van der Waals surface area contributed by atoms with E-state index in [1.54, 1.807) is 6.20 Å². The third-order valence-corrected chi connectivity index (χ3v) is 3.96. The van der Waals surface area contributed by atoms with E-state index in [9.17, 15) is 0 Å². The molecule has 1 aromatic carbocycles. The first-order valence-electron chi connectivity index (χ1n) is 7.20. The van der Waals surface area contributed by atoms with E-state index < -0.39 is 0 Å². The molecule has 0 bridgehead atoms. The van der Waals surface area contributed by atoms with E-state index in [1.807, 2.05) is 32.3 Å². The molecule has 1 atom stereocenters. The summed E-state index contributed by atoms with van der Waals surface area (Å²) in [5.74, 6) is 0.645. The van der Waals surface area contributed by atoms with Crippen LogP contribution in [0.3, 0.4) is 0 Å². The SMILES string of the molecule is CNc1nc(C)c2cc(C3N=Cc4ncccc43)ccc2n1. The monoisotopic (exact) mass is 289 g/mol. The molecule has 1 unspecified atom stereocenters. The smallest absolute Gasteiger partial charge is 0.223 e. The summed E-state index contributed by atoms with van der Waals surface area (Å²) in [4.78, 5) is 17.9. The molecule has 22 heavy (non-hydrogen) atoms. The molecule has 5 nitrogen and oxygen atoms in total. The average molecular weight is 289 g/mol. The molecule has 5 heteroatoms. The fourth-order valence-electron chi connectivity index (χ4n) is 2.84. The van der Waals surface area contributed by atoms with E-state index in [2.05, 4.69) is 43.5 Å². The van der Waals surface area contributed by atoms with Crippen molar-refractivity contribution in [1.82, 2.24) is 15.0 Å². The van der Waals surface area contributed by atoms with Crippen LogP contribution in [0.5, 0.6) is 0 Å². The Kier molecular flexibility index (Phi) is 2.85. The van der Waals surface area contributed by atoms with Crippen molar-refractivity contribution in [2.75, 3.05) is 12.4 Å². The Morgan fingerprint density at radius 3 is 2.91 bits per heavy atom. The highest BCUT2D eigenvalue weighted by molar-refractivity contribution is 5.85. The zero-order chi connectivity index (χ0) is 15.1. The summed E-state index contributed by atoms with van der Waals surface area (Å²) in [5, 5.41) is 4.05. The third kappa shape index (κ3) is 1.94. The number of nitrogens with one attached hydrogen (secondary N) is 1. The second kappa shape index (κ2) is 4.87. The van der Waals surface area contributed by atoms with Gasteiger partial charge in [0.15, 0.2) is 0 Å². The molecule has 0 amide bonds. The summed E-state index contributed by atoms with van der Waals surface area (Å²) in [6.07, 6.45) is 3.64. The number of benzene rings is 1. The Bertz CT molecular complexity index is 901. The van der Waals surface area contributed by atoms with Gasteiger partial charge >= 0.3 is 0 Å². The van der Waals surface area contributed by atoms with Crippen molar-refractivity contribution in [1.29, 1.82) is 0 Å². The van der Waals surface area contributed by atoms with Gasteiger partial charge in [0.05, 0.1) is 16.9 Å². The molecule has 0 saturated carbocycles. The van der Waals surface area contributed by atoms with E-state index in [4.69, 9.17) is 0 Å². The molecular weight excluding hydrogens is 274 g/mol. The van der Waals surface area contributed by atoms with Crippen molar-refractivity contribution in [3.05, 3.63) is 59.0 Å². The number of hydrogen-bond acceptors (Lipinski definition) is 5. The number of fused-ring (bicyclic) bond motifs is 2. The summed E-state index contributed by atoms with van der Waals surface area (Å²) in [6, 6.07) is 10.3. The van der Waals surface area contributed by atoms with Gasteiger partial charge in [-0.1, -0.05) is 12.1 Å². The predicted molar refractivity (Wildman–Crippen MR) is 87.5 cm³/mol. The fourth-order valence-corrected chi connectivity index (χ4v) is 2.84. The van der Waals surface area contributed by atoms with E-state index in [1.165, 1.54) is 0 Å². The lowest BCUT2D eigenvalue weighted by Crippen LogP contribution is -2.01. The molecular formula is C17H15N5. The molecule has 2 aromatic heterocycles. The summed E-state index contributed by atoms with van der Waals surface area (Å²) in [5.41, 5.74) is 5.14. The Hall–Kier alpha value is -2.82. The van der Waals surface area contributed by atoms with Crippen LogP contribution >= 0.6 is 0 Å². The highest BCUT2D eigenvalue weighted by Crippen LogP contribution is 2.33. The summed E-state index contributed by atoms with van der Waals surface area (Å²) in [6.45, 7) is 2.00. The summed E-state index contributed by atoms with van der Waals surface area (Å²) >= 11 is 0. The minimum absolute atomic E-state index is 0.0106. The second-order valence-corrected chi connectivity index (χ2v) is 5.32. The number of aliphatic imine (C=N–C) groups is 1. The number of aromatic nitrogens is 3. The molecule has 3 aromatic rings. The van der Waals surface area contributed by atoms with Gasteiger partial charge in [-0.3, -0.25) is 9.98 Å². The maximum Gasteiger partial charge on any atom is 0.223 e. The number of nitrogens with zero attached hydrogens (tertiary/aromatic N) is 4. The van der Waals surface area contributed by atoms with E-state index in [0.717, 1.165) is 33.4 Å². The van der Waals surface area contributed by atoms with Gasteiger partial charge in [0.1, 0.15) is 6.04 Å². The zero-order valence-corrected chi connectivity index (χ0v) is 12.4. The number of anilines is 1. The van der Waals surface area contributed by atoms with Crippen LogP contribution in [-0.2, 0) is 0 Å². The van der Waals surface area contributed by atoms with Gasteiger partial charge in [-0.05, 0) is 30.7 Å². The summed E-state index contributed by atoms with van der Waals surface area (Å²) < 4.78 is 0. The van der Waals surface area contributed by atoms with Crippen LogP contribution in [0, 0.1) is 6.92 Å². The lowest BCUT2D eigenvalue weighted by atomic mass is 9.98. The van der Waals surface area contributed by atoms with Gasteiger partial charge in [-0.2, -0.15) is 0 Å². The molecule has 0 radical (unpaired) electrons. The number of rotatable bonds is 2. The minimum Gasteiger partial charge on any atom is -0.357 e. The van der Waals surface area contributed by atoms with Gasteiger partial charge in [-0.25, -0.2) is 9.97 Å². The first kappa shape index (κ1) is 12.9. The average Bonchev–Trinajstić information content (AvgIpc) is 2.98. The van der Waals surface area contributed by atoms with Crippen molar-refractivity contribution in [3.63, 3.8) is 0 Å². The van der Waals surface area contributed by atoms with Crippen LogP contribution in [-0.4, -0.2) is 28.2 Å². The first-order valence-corrected chi connectivity index (χ1v) is 7.20. The number of hydrogen-bond donors (Lipinski definition) is 1. The maximum absolute atomic E-state index is 4.60. The lowest BCUT2D eigenvalue weighted by Gasteiger charge is -2.12. The minimum atomic E-state index is 0.0106. The van der Waals surface area contributed by atoms with Crippen LogP contribution < -0.4 is 5.32 Å². The van der Waals surface area contributed by atoms with Crippen LogP contribution in [0.2, 0.25) is 0 Å². The topological polar surface area (TPSA) is 63.1 Å². The van der Waals surface area contributed by atoms with Gasteiger partial charge in [0, 0.05) is 30.4 Å². The largest absolute Gasteiger partial charge is 0.357 e. The van der Waals surface area contributed by atoms with Gasteiger partial charge in [0.2, 0.25) is 5.95 Å². The molecule has 1 N–H and O–H groups in total. The Morgan fingerprint density at radius 1 is 1.14 bits per heavy atom. The van der Waals surface area contributed by atoms with Crippen molar-refractivity contribution >= 4 is 23.1 Å². The van der Waals surface area contributed by atoms with Crippen molar-refractivity contribution in [2.45, 2.75) is 13.0 Å². The molecule has 4 rings (SSSR count). The van der Waals surface area contributed by atoms with E-state index >= 15 is 0 Å². The van der Waals surface area contributed by atoms with Crippen LogP contribution in [0.4, 0.5) is 5.95 Å². The molecule has 0 saturated heterocycles. The molecule has 0 aliphatic carbocycles. The highest BCUT2D eigenvalue weighted by Gasteiger charge is 2.21. The third-order valence-electron chi connectivity index (χ3n) is 3.96. The maximum atomic E-state index is 4.60. The Labute approximate surface area is 128 Å². The number of pyridine rings is 1. The van der Waals surface area contributed by atoms with E-state index in [-0.39, 0.29) is 6.04 Å². The van der Waals surface area contributed by atoms with Gasteiger partial charge in [0.25, 0.3) is 0 Å². The summed E-state index contributed by atoms with van der Waals surface area (Å²) in [7, 11) is 1.83. The lowest BCUT2D eigenvalue weighted by molar-refractivity contribution is 0.895. The van der Waals surface area contributed by atoms with Crippen molar-refractivity contribution < 1.29 is 0 Å². The standard InChI is InChI=1S/C17H15N5/c1-10-13-8-11(5-6-14(13)22-17(18-2)21-10)16-12-4-3-7-19-15(12)9-20-16/h3-9,16H,1-2H3,(H,18,21,22). The van der Waals surface area contributed by atoms with Crippen molar-refractivity contribution in [3.8, 4) is 0 Å².